The van der Waals surface area contributed by atoms with Gasteiger partial charge in [-0.1, -0.05) is 12.1 Å². The van der Waals surface area contributed by atoms with Gasteiger partial charge in [0.05, 0.1) is 11.3 Å². The number of hydrogen-bond acceptors (Lipinski definition) is 8. The van der Waals surface area contributed by atoms with Gasteiger partial charge in [0.15, 0.2) is 0 Å². The Bertz CT molecular complexity index is 1620. The van der Waals surface area contributed by atoms with Gasteiger partial charge in [-0.3, -0.25) is 18.5 Å². The van der Waals surface area contributed by atoms with E-state index in [0.717, 1.165) is 42.5 Å². The fourth-order valence-corrected chi connectivity index (χ4v) is 5.16. The molecule has 0 aliphatic rings. The summed E-state index contributed by atoms with van der Waals surface area (Å²) in [5.41, 5.74) is 4.52. The van der Waals surface area contributed by atoms with Gasteiger partial charge in [-0.15, -0.1) is 0 Å². The molecule has 0 spiro atoms. The second kappa shape index (κ2) is 12.6. The first-order chi connectivity index (χ1) is 14.6. The zero-order valence-corrected chi connectivity index (χ0v) is 27.1. The first-order valence-corrected chi connectivity index (χ1v) is 12.6. The molecule has 0 atom stereocenters. The Labute approximate surface area is 271 Å². The van der Waals surface area contributed by atoms with Crippen LogP contribution >= 0.6 is 0 Å². The number of carbonyl (C=O) groups excluding carboxylic acids is 1. The molecule has 0 unspecified atom stereocenters. The second-order valence-corrected chi connectivity index (χ2v) is 10.6. The van der Waals surface area contributed by atoms with Crippen LogP contribution in [0.15, 0.2) is 63.2 Å². The van der Waals surface area contributed by atoms with Crippen LogP contribution in [0, 0.1) is 0 Å². The number of fused-ring (bicyclic) bond motifs is 1. The summed E-state index contributed by atoms with van der Waals surface area (Å²) in [5, 5.41) is 1.39. The molecule has 176 valence electrons. The van der Waals surface area contributed by atoms with Gasteiger partial charge < -0.3 is 15.3 Å². The molecular formula is C17H17N2Na3O10S3. The van der Waals surface area contributed by atoms with Gasteiger partial charge in [0.1, 0.15) is 14.7 Å². The fraction of sp³-hybridized carbons (Fsp3) is 0. The number of carbonyl (C=O) groups is 1. The SMILES string of the molecule is Nc1ccc(C(=O)Nc2ccc(S(=O)(=O)O)c3cccc(S(=O)(=O)O)c23)c(S(=O)(=O)O)c1.[H-].[H-].[H-].[Na+].[Na+].[Na+]. The number of benzene rings is 3. The van der Waals surface area contributed by atoms with Gasteiger partial charge in [0.2, 0.25) is 0 Å². The Hall–Kier alpha value is -0.0800. The number of nitrogens with one attached hydrogen (secondary N) is 1. The summed E-state index contributed by atoms with van der Waals surface area (Å²) >= 11 is 0. The van der Waals surface area contributed by atoms with Crippen LogP contribution in [0.3, 0.4) is 0 Å². The van der Waals surface area contributed by atoms with E-state index in [2.05, 4.69) is 5.32 Å². The van der Waals surface area contributed by atoms with Crippen molar-refractivity contribution in [2.24, 2.45) is 0 Å². The van der Waals surface area contributed by atoms with E-state index in [9.17, 15) is 43.7 Å². The van der Waals surface area contributed by atoms with Gasteiger partial charge in [-0.2, -0.15) is 25.3 Å². The number of amides is 1. The molecule has 1 amide bonds. The third-order valence-electron chi connectivity index (χ3n) is 4.29. The molecule has 0 radical (unpaired) electrons. The average molecular weight is 574 g/mol. The molecule has 6 N–H and O–H groups in total. The zero-order chi connectivity index (χ0) is 24.1. The van der Waals surface area contributed by atoms with Crippen molar-refractivity contribution < 1.29 is 137 Å². The molecule has 0 saturated heterocycles. The van der Waals surface area contributed by atoms with Crippen LogP contribution in [0.25, 0.3) is 10.8 Å². The van der Waals surface area contributed by atoms with E-state index in [1.165, 1.54) is 6.07 Å². The van der Waals surface area contributed by atoms with Gasteiger partial charge in [0, 0.05) is 16.5 Å². The number of nitrogen functional groups attached to an aromatic ring is 1. The molecule has 0 saturated carbocycles. The van der Waals surface area contributed by atoms with Crippen LogP contribution in [0.4, 0.5) is 11.4 Å². The van der Waals surface area contributed by atoms with Crippen LogP contribution in [-0.4, -0.2) is 44.8 Å². The Kier molecular flexibility index (Phi) is 12.6. The van der Waals surface area contributed by atoms with Crippen LogP contribution < -0.4 is 99.7 Å². The molecule has 0 bridgehead atoms. The van der Waals surface area contributed by atoms with Gasteiger partial charge in [0.25, 0.3) is 36.3 Å². The molecule has 0 aromatic heterocycles. The number of anilines is 2. The summed E-state index contributed by atoms with van der Waals surface area (Å²) in [4.78, 5) is 10.4. The first-order valence-electron chi connectivity index (χ1n) is 8.30. The predicted molar refractivity (Wildman–Crippen MR) is 116 cm³/mol. The van der Waals surface area contributed by atoms with Crippen molar-refractivity contribution in [3.63, 3.8) is 0 Å². The number of hydrogen-bond donors (Lipinski definition) is 5. The Morgan fingerprint density at radius 2 is 1.29 bits per heavy atom. The van der Waals surface area contributed by atoms with E-state index in [0.29, 0.717) is 0 Å². The van der Waals surface area contributed by atoms with Crippen molar-refractivity contribution in [3.05, 3.63) is 54.1 Å². The third kappa shape index (κ3) is 7.95. The summed E-state index contributed by atoms with van der Waals surface area (Å²) in [6, 6.07) is 7.94. The van der Waals surface area contributed by atoms with E-state index in [-0.39, 0.29) is 110 Å². The van der Waals surface area contributed by atoms with Crippen LogP contribution in [0.1, 0.15) is 14.6 Å². The van der Waals surface area contributed by atoms with Crippen LogP contribution in [0.2, 0.25) is 0 Å². The van der Waals surface area contributed by atoms with Crippen molar-refractivity contribution >= 4 is 58.4 Å². The standard InChI is InChI=1S/C17H14N2O10S3.3Na.3H/c18-9-4-5-11(15(8-9)32(27,28)29)17(20)19-12-6-7-13(30(21,22)23)10-2-1-3-14(16(10)12)31(24,25)26;;;;;;/h1-8H,18H2,(H,19,20)(H,21,22,23)(H,24,25,26)(H,27,28,29);;;;;;/q;3*+1;3*-1. The minimum atomic E-state index is -4.93. The summed E-state index contributed by atoms with van der Waals surface area (Å²) in [5.74, 6) is -1.14. The average Bonchev–Trinajstić information content (AvgIpc) is 2.65. The number of rotatable bonds is 5. The largest absolute Gasteiger partial charge is 1.00 e. The summed E-state index contributed by atoms with van der Waals surface area (Å²) in [6.45, 7) is 0. The topological polar surface area (TPSA) is 218 Å². The van der Waals surface area contributed by atoms with Crippen molar-refractivity contribution in [3.8, 4) is 0 Å². The Morgan fingerprint density at radius 3 is 1.80 bits per heavy atom. The molecule has 18 heteroatoms. The number of nitrogens with two attached hydrogens (primary N) is 1. The quantitative estimate of drug-likeness (QED) is 0.110. The first kappa shape index (κ1) is 34.9. The molecule has 0 aliphatic carbocycles. The van der Waals surface area contributed by atoms with Crippen molar-refractivity contribution in [2.45, 2.75) is 14.7 Å². The monoisotopic (exact) mass is 574 g/mol. The van der Waals surface area contributed by atoms with E-state index in [1.54, 1.807) is 0 Å². The van der Waals surface area contributed by atoms with Crippen molar-refractivity contribution in [2.75, 3.05) is 11.1 Å². The van der Waals surface area contributed by atoms with E-state index < -0.39 is 61.9 Å². The molecule has 3 aromatic rings. The maximum atomic E-state index is 12.8. The smallest absolute Gasteiger partial charge is 1.00 e. The molecular weight excluding hydrogens is 557 g/mol. The summed E-state index contributed by atoms with van der Waals surface area (Å²) in [6.07, 6.45) is 0. The molecule has 0 heterocycles. The van der Waals surface area contributed by atoms with Gasteiger partial charge in [-0.25, -0.2) is 0 Å². The molecule has 3 aromatic carbocycles. The summed E-state index contributed by atoms with van der Waals surface area (Å²) in [7, 11) is -14.6. The molecule has 35 heavy (non-hydrogen) atoms. The molecule has 0 fully saturated rings. The van der Waals surface area contributed by atoms with E-state index in [4.69, 9.17) is 5.73 Å². The zero-order valence-electron chi connectivity index (χ0n) is 21.6. The van der Waals surface area contributed by atoms with Gasteiger partial charge in [-0.05, 0) is 36.4 Å². The van der Waals surface area contributed by atoms with Crippen molar-refractivity contribution in [1.82, 2.24) is 0 Å². The minimum Gasteiger partial charge on any atom is -1.00 e. The Balaban J connectivity index is -0.000000963. The van der Waals surface area contributed by atoms with Crippen molar-refractivity contribution in [1.29, 1.82) is 0 Å². The predicted octanol–water partition coefficient (Wildman–Crippen LogP) is -7.24. The van der Waals surface area contributed by atoms with E-state index in [1.807, 2.05) is 0 Å². The van der Waals surface area contributed by atoms with Crippen LogP contribution in [0.5, 0.6) is 0 Å². The molecule has 12 nitrogen and oxygen atoms in total. The minimum absolute atomic E-state index is 0. The molecule has 0 aliphatic heterocycles. The maximum absolute atomic E-state index is 12.8. The van der Waals surface area contributed by atoms with Crippen LogP contribution in [-0.2, 0) is 30.4 Å². The van der Waals surface area contributed by atoms with E-state index >= 15 is 0 Å². The fourth-order valence-electron chi connectivity index (χ4n) is 3.02. The Morgan fingerprint density at radius 1 is 0.743 bits per heavy atom. The molecule has 3 rings (SSSR count). The second-order valence-electron chi connectivity index (χ2n) is 6.42. The summed E-state index contributed by atoms with van der Waals surface area (Å²) < 4.78 is 98.7. The normalized spacial score (nSPS) is 11.5. The third-order valence-corrected chi connectivity index (χ3v) is 7.00. The van der Waals surface area contributed by atoms with Gasteiger partial charge >= 0.3 is 88.7 Å². The maximum Gasteiger partial charge on any atom is 1.00 e.